The number of halogens is 1. The van der Waals surface area contributed by atoms with Crippen LogP contribution in [0.3, 0.4) is 0 Å². The average molecular weight is 285 g/mol. The van der Waals surface area contributed by atoms with Crippen LogP contribution in [0.5, 0.6) is 0 Å². The monoisotopic (exact) mass is 284 g/mol. The number of nitro groups is 1. The highest BCUT2D eigenvalue weighted by Gasteiger charge is 2.22. The number of hydrogen-bond donors (Lipinski definition) is 0. The highest BCUT2D eigenvalue weighted by molar-refractivity contribution is 9.10. The highest BCUT2D eigenvalue weighted by Crippen LogP contribution is 2.30. The van der Waals surface area contributed by atoms with Crippen LogP contribution < -0.4 is 0 Å². The van der Waals surface area contributed by atoms with Crippen LogP contribution in [0.15, 0.2) is 27.7 Å². The van der Waals surface area contributed by atoms with E-state index in [0.717, 1.165) is 0 Å². The third kappa shape index (κ3) is 2.74. The zero-order chi connectivity index (χ0) is 12.3. The molecule has 0 bridgehead atoms. The number of hydrogen-bond acceptors (Lipinski definition) is 4. The molecule has 1 aromatic rings. The first kappa shape index (κ1) is 12.5. The molecule has 0 radical (unpaired) electrons. The van der Waals surface area contributed by atoms with Crippen molar-refractivity contribution in [3.63, 3.8) is 0 Å². The van der Waals surface area contributed by atoms with Gasteiger partial charge in [-0.15, -0.1) is 0 Å². The molecule has 0 aliphatic carbocycles. The number of nitrogens with zero attached hydrogens (tertiary/aromatic N) is 2. The molecule has 1 rings (SSSR count). The minimum Gasteiger partial charge on any atom is -0.258 e. The summed E-state index contributed by atoms with van der Waals surface area (Å²) in [5, 5.41) is 10.7. The second-order valence-corrected chi connectivity index (χ2v) is 4.63. The number of non-ortho nitro benzene ring substituents is 1. The van der Waals surface area contributed by atoms with Crippen LogP contribution in [0.4, 0.5) is 5.69 Å². The Hall–Kier alpha value is -1.52. The molecular formula is C10H9BrN2O3. The Bertz CT molecular complexity index is 479. The van der Waals surface area contributed by atoms with Crippen LogP contribution in [-0.2, 0) is 10.3 Å². The molecule has 0 atom stereocenters. The van der Waals surface area contributed by atoms with E-state index in [4.69, 9.17) is 0 Å². The van der Waals surface area contributed by atoms with Crippen molar-refractivity contribution in [2.45, 2.75) is 19.4 Å². The third-order valence-electron chi connectivity index (χ3n) is 2.12. The van der Waals surface area contributed by atoms with Gasteiger partial charge in [-0.3, -0.25) is 10.1 Å². The summed E-state index contributed by atoms with van der Waals surface area (Å²) in [6, 6.07) is 4.48. The summed E-state index contributed by atoms with van der Waals surface area (Å²) in [5.41, 5.74) is -0.286. The second kappa shape index (κ2) is 4.55. The standard InChI is InChI=1S/C10H9BrN2O3/c1-10(2,12-6-14)7-3-8(11)5-9(4-7)13(15)16/h3-5H,1-2H3. The predicted octanol–water partition coefficient (Wildman–Crippen LogP) is 2.93. The maximum atomic E-state index is 10.7. The van der Waals surface area contributed by atoms with Gasteiger partial charge in [-0.25, -0.2) is 4.79 Å². The van der Waals surface area contributed by atoms with Crippen LogP contribution >= 0.6 is 15.9 Å². The van der Waals surface area contributed by atoms with Crippen LogP contribution in [0.25, 0.3) is 0 Å². The van der Waals surface area contributed by atoms with Crippen molar-refractivity contribution in [2.24, 2.45) is 4.99 Å². The predicted molar refractivity (Wildman–Crippen MR) is 61.9 cm³/mol. The Morgan fingerprint density at radius 1 is 1.44 bits per heavy atom. The van der Waals surface area contributed by atoms with E-state index in [1.54, 1.807) is 19.9 Å². The van der Waals surface area contributed by atoms with Crippen molar-refractivity contribution < 1.29 is 9.72 Å². The Balaban J connectivity index is 3.35. The summed E-state index contributed by atoms with van der Waals surface area (Å²) >= 11 is 3.18. The van der Waals surface area contributed by atoms with E-state index in [2.05, 4.69) is 20.9 Å². The van der Waals surface area contributed by atoms with Crippen LogP contribution in [0.2, 0.25) is 0 Å². The van der Waals surface area contributed by atoms with Crippen molar-refractivity contribution in [3.8, 4) is 0 Å². The van der Waals surface area contributed by atoms with Crippen molar-refractivity contribution >= 4 is 27.7 Å². The van der Waals surface area contributed by atoms with Gasteiger partial charge in [0.05, 0.1) is 10.5 Å². The van der Waals surface area contributed by atoms with Crippen molar-refractivity contribution in [1.82, 2.24) is 0 Å². The molecule has 0 aliphatic rings. The first-order chi connectivity index (χ1) is 7.36. The van der Waals surface area contributed by atoms with E-state index in [0.29, 0.717) is 10.0 Å². The van der Waals surface area contributed by atoms with E-state index in [9.17, 15) is 14.9 Å². The van der Waals surface area contributed by atoms with Crippen molar-refractivity contribution in [1.29, 1.82) is 0 Å². The van der Waals surface area contributed by atoms with Gasteiger partial charge < -0.3 is 0 Å². The minimum atomic E-state index is -0.823. The molecule has 0 spiro atoms. The smallest absolute Gasteiger partial charge is 0.258 e. The zero-order valence-corrected chi connectivity index (χ0v) is 10.3. The molecule has 0 saturated carbocycles. The number of isocyanates is 1. The third-order valence-corrected chi connectivity index (χ3v) is 2.58. The van der Waals surface area contributed by atoms with Gasteiger partial charge in [0.25, 0.3) is 5.69 Å². The van der Waals surface area contributed by atoms with Crippen LogP contribution in [0, 0.1) is 10.1 Å². The van der Waals surface area contributed by atoms with Gasteiger partial charge in [-0.2, -0.15) is 4.99 Å². The van der Waals surface area contributed by atoms with E-state index in [-0.39, 0.29) is 5.69 Å². The first-order valence-corrected chi connectivity index (χ1v) is 5.20. The van der Waals surface area contributed by atoms with Crippen LogP contribution in [-0.4, -0.2) is 11.0 Å². The van der Waals surface area contributed by atoms with E-state index >= 15 is 0 Å². The Morgan fingerprint density at radius 2 is 2.06 bits per heavy atom. The fourth-order valence-electron chi connectivity index (χ4n) is 1.21. The van der Waals surface area contributed by atoms with Crippen molar-refractivity contribution in [3.05, 3.63) is 38.3 Å². The molecule has 5 nitrogen and oxygen atoms in total. The largest absolute Gasteiger partial charge is 0.270 e. The lowest BCUT2D eigenvalue weighted by molar-refractivity contribution is -0.385. The SMILES string of the molecule is CC(C)(N=C=O)c1cc(Br)cc([N+](=O)[O-])c1. The van der Waals surface area contributed by atoms with Gasteiger partial charge in [-0.1, -0.05) is 15.9 Å². The lowest BCUT2D eigenvalue weighted by Crippen LogP contribution is -2.13. The molecule has 0 fully saturated rings. The molecular weight excluding hydrogens is 276 g/mol. The molecule has 0 aliphatic heterocycles. The van der Waals surface area contributed by atoms with Gasteiger partial charge in [-0.05, 0) is 25.5 Å². The molecule has 0 saturated heterocycles. The topological polar surface area (TPSA) is 72.6 Å². The molecule has 0 aromatic heterocycles. The second-order valence-electron chi connectivity index (χ2n) is 3.72. The normalized spacial score (nSPS) is 10.7. The number of nitro benzene ring substituents is 1. The molecule has 1 aromatic carbocycles. The van der Waals surface area contributed by atoms with Gasteiger partial charge in [0, 0.05) is 16.6 Å². The van der Waals surface area contributed by atoms with Crippen LogP contribution in [0.1, 0.15) is 19.4 Å². The molecule has 0 amide bonds. The summed E-state index contributed by atoms with van der Waals surface area (Å²) in [4.78, 5) is 24.1. The number of carbonyl (C=O) groups excluding carboxylic acids is 1. The van der Waals surface area contributed by atoms with Gasteiger partial charge >= 0.3 is 0 Å². The van der Waals surface area contributed by atoms with Gasteiger partial charge in [0.1, 0.15) is 0 Å². The summed E-state index contributed by atoms with van der Waals surface area (Å²) in [7, 11) is 0. The summed E-state index contributed by atoms with van der Waals surface area (Å²) in [6.45, 7) is 3.37. The molecule has 16 heavy (non-hydrogen) atoms. The fraction of sp³-hybridized carbons (Fsp3) is 0.300. The molecule has 6 heteroatoms. The number of aliphatic imine (C=N–C) groups is 1. The lowest BCUT2D eigenvalue weighted by Gasteiger charge is -2.17. The summed E-state index contributed by atoms with van der Waals surface area (Å²) in [5.74, 6) is 0. The fourth-order valence-corrected chi connectivity index (χ4v) is 1.69. The number of rotatable bonds is 3. The molecule has 84 valence electrons. The first-order valence-electron chi connectivity index (χ1n) is 4.41. The summed E-state index contributed by atoms with van der Waals surface area (Å²) in [6.07, 6.45) is 1.46. The van der Waals surface area contributed by atoms with Gasteiger partial charge in [0.15, 0.2) is 0 Å². The molecule has 0 N–H and O–H groups in total. The quantitative estimate of drug-likeness (QED) is 0.371. The van der Waals surface area contributed by atoms with E-state index in [1.165, 1.54) is 18.2 Å². The Kier molecular flexibility index (Phi) is 3.57. The summed E-state index contributed by atoms with van der Waals surface area (Å²) < 4.78 is 0.575. The van der Waals surface area contributed by atoms with E-state index in [1.807, 2.05) is 0 Å². The van der Waals surface area contributed by atoms with Gasteiger partial charge in [0.2, 0.25) is 6.08 Å². The average Bonchev–Trinajstić information content (AvgIpc) is 2.16. The molecule has 0 unspecified atom stereocenters. The lowest BCUT2D eigenvalue weighted by atomic mass is 9.95. The Morgan fingerprint density at radius 3 is 2.56 bits per heavy atom. The zero-order valence-electron chi connectivity index (χ0n) is 8.73. The maximum absolute atomic E-state index is 10.7. The Labute approximate surface area is 100 Å². The number of benzene rings is 1. The highest BCUT2D eigenvalue weighted by atomic mass is 79.9. The minimum absolute atomic E-state index is 0.0430. The van der Waals surface area contributed by atoms with E-state index < -0.39 is 10.5 Å². The molecule has 0 heterocycles. The maximum Gasteiger partial charge on any atom is 0.270 e. The van der Waals surface area contributed by atoms with Crippen molar-refractivity contribution in [2.75, 3.05) is 0 Å².